The molecule has 5 nitrogen and oxygen atoms in total. The zero-order valence-corrected chi connectivity index (χ0v) is 10.4. The molecule has 5 heteroatoms. The van der Waals surface area contributed by atoms with E-state index in [4.69, 9.17) is 15.0 Å². The predicted octanol–water partition coefficient (Wildman–Crippen LogP) is 1.56. The molecular formula is C13H17N3O2. The van der Waals surface area contributed by atoms with Crippen LogP contribution in [0, 0.1) is 0 Å². The summed E-state index contributed by atoms with van der Waals surface area (Å²) in [6, 6.07) is 7.81. The van der Waals surface area contributed by atoms with Crippen molar-refractivity contribution < 1.29 is 9.26 Å². The molecule has 2 rings (SSSR count). The van der Waals surface area contributed by atoms with Gasteiger partial charge in [0.15, 0.2) is 5.82 Å². The van der Waals surface area contributed by atoms with E-state index < -0.39 is 0 Å². The second-order valence-corrected chi connectivity index (χ2v) is 4.02. The molecular weight excluding hydrogens is 230 g/mol. The lowest BCUT2D eigenvalue weighted by molar-refractivity contribution is 0.379. The Hall–Kier alpha value is -1.88. The number of rotatable bonds is 6. The van der Waals surface area contributed by atoms with Crippen LogP contribution in [0.3, 0.4) is 0 Å². The summed E-state index contributed by atoms with van der Waals surface area (Å²) in [5.41, 5.74) is 6.55. The normalized spacial score (nSPS) is 10.6. The van der Waals surface area contributed by atoms with Gasteiger partial charge in [0.2, 0.25) is 5.89 Å². The maximum absolute atomic E-state index is 5.44. The summed E-state index contributed by atoms with van der Waals surface area (Å²) in [7, 11) is 1.65. The molecule has 0 saturated carbocycles. The molecule has 1 heterocycles. The number of hydrogen-bond acceptors (Lipinski definition) is 5. The summed E-state index contributed by atoms with van der Waals surface area (Å²) in [5, 5.41) is 3.92. The van der Waals surface area contributed by atoms with E-state index in [2.05, 4.69) is 10.1 Å². The van der Waals surface area contributed by atoms with Crippen molar-refractivity contribution in [2.75, 3.05) is 13.7 Å². The van der Waals surface area contributed by atoms with Crippen LogP contribution in [-0.2, 0) is 12.8 Å². The zero-order valence-electron chi connectivity index (χ0n) is 10.4. The molecule has 2 aromatic rings. The minimum absolute atomic E-state index is 0.632. The van der Waals surface area contributed by atoms with Crippen molar-refractivity contribution in [2.45, 2.75) is 19.3 Å². The number of methoxy groups -OCH3 is 1. The van der Waals surface area contributed by atoms with E-state index in [-0.39, 0.29) is 0 Å². The highest BCUT2D eigenvalue weighted by Crippen LogP contribution is 2.14. The van der Waals surface area contributed by atoms with Gasteiger partial charge in [0.1, 0.15) is 5.75 Å². The Bertz CT molecular complexity index is 479. The van der Waals surface area contributed by atoms with Gasteiger partial charge in [-0.1, -0.05) is 17.3 Å². The Labute approximate surface area is 106 Å². The van der Waals surface area contributed by atoms with Crippen molar-refractivity contribution in [3.8, 4) is 5.75 Å². The van der Waals surface area contributed by atoms with E-state index in [1.54, 1.807) is 7.11 Å². The van der Waals surface area contributed by atoms with Crippen LogP contribution in [0.25, 0.3) is 0 Å². The lowest BCUT2D eigenvalue weighted by Crippen LogP contribution is -2.01. The fourth-order valence-electron chi connectivity index (χ4n) is 1.64. The summed E-state index contributed by atoms with van der Waals surface area (Å²) in [6.07, 6.45) is 2.28. The molecule has 1 aromatic carbocycles. The van der Waals surface area contributed by atoms with E-state index in [0.717, 1.165) is 30.0 Å². The zero-order chi connectivity index (χ0) is 12.8. The van der Waals surface area contributed by atoms with Crippen LogP contribution in [0.2, 0.25) is 0 Å². The van der Waals surface area contributed by atoms with Gasteiger partial charge >= 0.3 is 0 Å². The van der Waals surface area contributed by atoms with Gasteiger partial charge in [0.25, 0.3) is 0 Å². The third kappa shape index (κ3) is 3.30. The van der Waals surface area contributed by atoms with Crippen molar-refractivity contribution in [2.24, 2.45) is 5.73 Å². The minimum atomic E-state index is 0.632. The van der Waals surface area contributed by atoms with Gasteiger partial charge in [0, 0.05) is 6.42 Å². The number of nitrogens with two attached hydrogens (primary N) is 1. The molecule has 0 spiro atoms. The molecule has 0 aliphatic rings. The molecule has 0 atom stereocenters. The number of benzene rings is 1. The maximum atomic E-state index is 5.44. The van der Waals surface area contributed by atoms with Crippen LogP contribution in [0.4, 0.5) is 0 Å². The van der Waals surface area contributed by atoms with Crippen LogP contribution in [0.15, 0.2) is 28.8 Å². The van der Waals surface area contributed by atoms with Gasteiger partial charge < -0.3 is 15.0 Å². The van der Waals surface area contributed by atoms with Crippen molar-refractivity contribution in [1.82, 2.24) is 10.1 Å². The molecule has 96 valence electrons. The maximum Gasteiger partial charge on any atom is 0.231 e. The molecule has 18 heavy (non-hydrogen) atoms. The Morgan fingerprint density at radius 1 is 1.28 bits per heavy atom. The van der Waals surface area contributed by atoms with Gasteiger partial charge in [0.05, 0.1) is 13.5 Å². The molecule has 0 radical (unpaired) electrons. The van der Waals surface area contributed by atoms with Gasteiger partial charge in [-0.05, 0) is 30.7 Å². The largest absolute Gasteiger partial charge is 0.497 e. The van der Waals surface area contributed by atoms with E-state index in [9.17, 15) is 0 Å². The van der Waals surface area contributed by atoms with Crippen LogP contribution in [0.1, 0.15) is 23.7 Å². The Kier molecular flexibility index (Phi) is 4.30. The first kappa shape index (κ1) is 12.6. The van der Waals surface area contributed by atoms with Crippen molar-refractivity contribution >= 4 is 0 Å². The highest BCUT2D eigenvalue weighted by Gasteiger charge is 2.06. The molecule has 2 N–H and O–H groups in total. The van der Waals surface area contributed by atoms with Gasteiger partial charge in [-0.2, -0.15) is 4.98 Å². The summed E-state index contributed by atoms with van der Waals surface area (Å²) in [6.45, 7) is 0.641. The van der Waals surface area contributed by atoms with Crippen LogP contribution in [0.5, 0.6) is 5.75 Å². The smallest absolute Gasteiger partial charge is 0.231 e. The SMILES string of the molecule is COc1ccc(Cc2nc(CCCN)no2)cc1. The predicted molar refractivity (Wildman–Crippen MR) is 67.5 cm³/mol. The number of hydrogen-bond donors (Lipinski definition) is 1. The molecule has 0 bridgehead atoms. The fraction of sp³-hybridized carbons (Fsp3) is 0.385. The van der Waals surface area contributed by atoms with Gasteiger partial charge in [-0.25, -0.2) is 0 Å². The number of aromatic nitrogens is 2. The molecule has 0 unspecified atom stereocenters. The van der Waals surface area contributed by atoms with E-state index in [1.165, 1.54) is 0 Å². The molecule has 0 saturated heterocycles. The number of aryl methyl sites for hydroxylation is 1. The Morgan fingerprint density at radius 3 is 2.72 bits per heavy atom. The topological polar surface area (TPSA) is 74.2 Å². The molecule has 0 fully saturated rings. The van der Waals surface area contributed by atoms with Crippen molar-refractivity contribution in [1.29, 1.82) is 0 Å². The third-order valence-corrected chi connectivity index (χ3v) is 2.63. The van der Waals surface area contributed by atoms with Crippen LogP contribution in [-0.4, -0.2) is 23.8 Å². The van der Waals surface area contributed by atoms with Crippen molar-refractivity contribution in [3.63, 3.8) is 0 Å². The summed E-state index contributed by atoms with van der Waals surface area (Å²) in [4.78, 5) is 4.32. The average Bonchev–Trinajstić information content (AvgIpc) is 2.85. The van der Waals surface area contributed by atoms with Gasteiger partial charge in [-0.3, -0.25) is 0 Å². The molecule has 0 aliphatic carbocycles. The molecule has 0 amide bonds. The number of nitrogens with zero attached hydrogens (tertiary/aromatic N) is 2. The lowest BCUT2D eigenvalue weighted by Gasteiger charge is -2.00. The summed E-state index contributed by atoms with van der Waals surface area (Å²) >= 11 is 0. The quantitative estimate of drug-likeness (QED) is 0.838. The highest BCUT2D eigenvalue weighted by molar-refractivity contribution is 5.28. The first-order valence-electron chi connectivity index (χ1n) is 5.96. The Morgan fingerprint density at radius 2 is 2.06 bits per heavy atom. The van der Waals surface area contributed by atoms with E-state index in [0.29, 0.717) is 18.9 Å². The Balaban J connectivity index is 1.97. The first-order valence-corrected chi connectivity index (χ1v) is 5.96. The summed E-state index contributed by atoms with van der Waals surface area (Å²) < 4.78 is 10.3. The second kappa shape index (κ2) is 6.16. The molecule has 0 aliphatic heterocycles. The lowest BCUT2D eigenvalue weighted by atomic mass is 10.1. The second-order valence-electron chi connectivity index (χ2n) is 4.02. The standard InChI is InChI=1S/C13H17N3O2/c1-17-11-6-4-10(5-7-11)9-13-15-12(16-18-13)3-2-8-14/h4-7H,2-3,8-9,14H2,1H3. The van der Waals surface area contributed by atoms with Crippen LogP contribution < -0.4 is 10.5 Å². The number of ether oxygens (including phenoxy) is 1. The highest BCUT2D eigenvalue weighted by atomic mass is 16.5. The fourth-order valence-corrected chi connectivity index (χ4v) is 1.64. The average molecular weight is 247 g/mol. The first-order chi connectivity index (χ1) is 8.81. The summed E-state index contributed by atoms with van der Waals surface area (Å²) in [5.74, 6) is 2.20. The molecule has 1 aromatic heterocycles. The van der Waals surface area contributed by atoms with E-state index >= 15 is 0 Å². The van der Waals surface area contributed by atoms with E-state index in [1.807, 2.05) is 24.3 Å². The van der Waals surface area contributed by atoms with Crippen LogP contribution >= 0.6 is 0 Å². The minimum Gasteiger partial charge on any atom is -0.497 e. The van der Waals surface area contributed by atoms with Gasteiger partial charge in [-0.15, -0.1) is 0 Å². The third-order valence-electron chi connectivity index (χ3n) is 2.63. The van der Waals surface area contributed by atoms with Crippen molar-refractivity contribution in [3.05, 3.63) is 41.5 Å². The monoisotopic (exact) mass is 247 g/mol.